The fourth-order valence-corrected chi connectivity index (χ4v) is 1.47. The van der Waals surface area contributed by atoms with Crippen molar-refractivity contribution < 1.29 is 23.5 Å². The molecule has 0 saturated carbocycles. The zero-order valence-electron chi connectivity index (χ0n) is 10.0. The van der Waals surface area contributed by atoms with Gasteiger partial charge in [-0.3, -0.25) is 4.79 Å². The van der Waals surface area contributed by atoms with Gasteiger partial charge in [-0.1, -0.05) is 6.08 Å². The number of carbonyl (C=O) groups is 2. The second-order valence-electron chi connectivity index (χ2n) is 3.89. The maximum Gasteiger partial charge on any atom is 0.326 e. The van der Waals surface area contributed by atoms with Crippen molar-refractivity contribution in [2.75, 3.05) is 0 Å². The largest absolute Gasteiger partial charge is 0.480 e. The monoisotopic (exact) mass is 269 g/mol. The Labute approximate surface area is 108 Å². The lowest BCUT2D eigenvalue weighted by Crippen LogP contribution is -2.40. The highest BCUT2D eigenvalue weighted by Crippen LogP contribution is 2.09. The van der Waals surface area contributed by atoms with Crippen LogP contribution in [0.2, 0.25) is 0 Å². The smallest absolute Gasteiger partial charge is 0.326 e. The lowest BCUT2D eigenvalue weighted by atomic mass is 10.1. The van der Waals surface area contributed by atoms with E-state index in [0.29, 0.717) is 12.5 Å². The minimum absolute atomic E-state index is 0.155. The molecule has 0 aliphatic heterocycles. The molecule has 0 aliphatic carbocycles. The van der Waals surface area contributed by atoms with Gasteiger partial charge in [-0.05, 0) is 25.0 Å². The predicted octanol–water partition coefficient (Wildman–Crippen LogP) is 2.11. The van der Waals surface area contributed by atoms with E-state index in [2.05, 4.69) is 11.9 Å². The van der Waals surface area contributed by atoms with Crippen molar-refractivity contribution in [2.45, 2.75) is 18.9 Å². The summed E-state index contributed by atoms with van der Waals surface area (Å²) in [4.78, 5) is 22.6. The zero-order valence-corrected chi connectivity index (χ0v) is 10.0. The molecule has 0 bridgehead atoms. The van der Waals surface area contributed by atoms with Gasteiger partial charge >= 0.3 is 5.97 Å². The van der Waals surface area contributed by atoms with Crippen molar-refractivity contribution in [3.63, 3.8) is 0 Å². The summed E-state index contributed by atoms with van der Waals surface area (Å²) in [6.07, 6.45) is 2.07. The second kappa shape index (κ2) is 6.63. The number of benzene rings is 1. The molecule has 0 radical (unpaired) electrons. The van der Waals surface area contributed by atoms with Crippen LogP contribution >= 0.6 is 0 Å². The molecular weight excluding hydrogens is 256 g/mol. The van der Waals surface area contributed by atoms with Crippen molar-refractivity contribution in [2.24, 2.45) is 0 Å². The minimum Gasteiger partial charge on any atom is -0.480 e. The van der Waals surface area contributed by atoms with E-state index in [1.165, 1.54) is 6.08 Å². The molecule has 19 heavy (non-hydrogen) atoms. The molecule has 0 unspecified atom stereocenters. The van der Waals surface area contributed by atoms with Gasteiger partial charge < -0.3 is 10.4 Å². The van der Waals surface area contributed by atoms with Crippen LogP contribution in [0.15, 0.2) is 30.9 Å². The fraction of sp³-hybridized carbons (Fsp3) is 0.231. The van der Waals surface area contributed by atoms with Crippen molar-refractivity contribution in [1.82, 2.24) is 5.32 Å². The summed E-state index contributed by atoms with van der Waals surface area (Å²) in [6, 6.07) is 1.18. The number of amides is 1. The zero-order chi connectivity index (χ0) is 14.4. The number of carbonyl (C=O) groups excluding carboxylic acids is 1. The van der Waals surface area contributed by atoms with Gasteiger partial charge in [0.2, 0.25) is 0 Å². The number of nitrogens with one attached hydrogen (secondary N) is 1. The van der Waals surface area contributed by atoms with Gasteiger partial charge in [0.25, 0.3) is 5.91 Å². The fourth-order valence-electron chi connectivity index (χ4n) is 1.47. The Hall–Kier alpha value is -2.24. The van der Waals surface area contributed by atoms with Crippen LogP contribution in [-0.2, 0) is 4.79 Å². The first-order valence-electron chi connectivity index (χ1n) is 5.54. The number of halogens is 2. The first kappa shape index (κ1) is 14.8. The number of carboxylic acids is 1. The topological polar surface area (TPSA) is 66.4 Å². The van der Waals surface area contributed by atoms with E-state index in [-0.39, 0.29) is 12.0 Å². The summed E-state index contributed by atoms with van der Waals surface area (Å²) in [5.41, 5.74) is -0.262. The van der Waals surface area contributed by atoms with Crippen molar-refractivity contribution in [3.05, 3.63) is 48.1 Å². The number of hydrogen-bond acceptors (Lipinski definition) is 2. The van der Waals surface area contributed by atoms with E-state index in [1.807, 2.05) is 0 Å². The van der Waals surface area contributed by atoms with Crippen molar-refractivity contribution in [3.8, 4) is 0 Å². The summed E-state index contributed by atoms with van der Waals surface area (Å²) in [5, 5.41) is 11.1. The maximum absolute atomic E-state index is 12.9. The van der Waals surface area contributed by atoms with Gasteiger partial charge in [0.15, 0.2) is 0 Å². The molecule has 4 nitrogen and oxygen atoms in total. The van der Waals surface area contributed by atoms with Crippen molar-refractivity contribution in [1.29, 1.82) is 0 Å². The first-order valence-corrected chi connectivity index (χ1v) is 5.54. The van der Waals surface area contributed by atoms with Gasteiger partial charge in [-0.2, -0.15) is 0 Å². The molecule has 1 atom stereocenters. The molecular formula is C13H13F2NO3. The molecule has 0 saturated heterocycles. The number of carboxylic acid groups (broad SMARTS) is 1. The van der Waals surface area contributed by atoms with Crippen LogP contribution < -0.4 is 5.32 Å². The third-order valence-electron chi connectivity index (χ3n) is 2.39. The van der Waals surface area contributed by atoms with Gasteiger partial charge in [0, 0.05) is 11.6 Å². The maximum atomic E-state index is 12.9. The second-order valence-corrected chi connectivity index (χ2v) is 3.89. The summed E-state index contributed by atoms with van der Waals surface area (Å²) >= 11 is 0. The highest BCUT2D eigenvalue weighted by atomic mass is 19.1. The normalized spacial score (nSPS) is 11.7. The van der Waals surface area contributed by atoms with Crippen molar-refractivity contribution >= 4 is 11.9 Å². The SMILES string of the molecule is C=CCC[C@@H](NC(=O)c1cc(F)cc(F)c1)C(=O)O. The van der Waals surface area contributed by atoms with Crippen LogP contribution in [0, 0.1) is 11.6 Å². The molecule has 6 heteroatoms. The van der Waals surface area contributed by atoms with Crippen LogP contribution in [0.1, 0.15) is 23.2 Å². The molecule has 1 aromatic carbocycles. The molecule has 0 heterocycles. The number of rotatable bonds is 6. The van der Waals surface area contributed by atoms with Crippen LogP contribution in [0.25, 0.3) is 0 Å². The molecule has 0 aliphatic rings. The Morgan fingerprint density at radius 2 is 1.89 bits per heavy atom. The third kappa shape index (κ3) is 4.50. The minimum atomic E-state index is -1.22. The van der Waals surface area contributed by atoms with E-state index in [1.54, 1.807) is 0 Å². The van der Waals surface area contributed by atoms with Crippen LogP contribution in [0.3, 0.4) is 0 Å². The Bertz CT molecular complexity index is 482. The molecule has 1 rings (SSSR count). The van der Waals surface area contributed by atoms with E-state index >= 15 is 0 Å². The summed E-state index contributed by atoms with van der Waals surface area (Å²) in [7, 11) is 0. The quantitative estimate of drug-likeness (QED) is 0.777. The molecule has 0 fully saturated rings. The van der Waals surface area contributed by atoms with Crippen LogP contribution in [0.4, 0.5) is 8.78 Å². The standard InChI is InChI=1S/C13H13F2NO3/c1-2-3-4-11(13(18)19)16-12(17)8-5-9(14)7-10(15)6-8/h2,5-7,11H,1,3-4H2,(H,16,17)(H,18,19)/t11-/m1/s1. The summed E-state index contributed by atoms with van der Waals surface area (Å²) < 4.78 is 25.9. The first-order chi connectivity index (χ1) is 8.93. The average Bonchev–Trinajstić information content (AvgIpc) is 2.32. The lowest BCUT2D eigenvalue weighted by Gasteiger charge is -2.13. The van der Waals surface area contributed by atoms with E-state index < -0.39 is 29.6 Å². The average molecular weight is 269 g/mol. The third-order valence-corrected chi connectivity index (χ3v) is 2.39. The summed E-state index contributed by atoms with van der Waals surface area (Å²) in [6.45, 7) is 3.45. The number of aliphatic carboxylic acids is 1. The molecule has 2 N–H and O–H groups in total. The Morgan fingerprint density at radius 3 is 2.37 bits per heavy atom. The highest BCUT2D eigenvalue weighted by molar-refractivity contribution is 5.96. The van der Waals surface area contributed by atoms with Crippen LogP contribution in [-0.4, -0.2) is 23.0 Å². The Morgan fingerprint density at radius 1 is 1.32 bits per heavy atom. The molecule has 0 spiro atoms. The Balaban J connectivity index is 2.81. The number of allylic oxidation sites excluding steroid dienone is 1. The van der Waals surface area contributed by atoms with Gasteiger partial charge in [-0.15, -0.1) is 6.58 Å². The van der Waals surface area contributed by atoms with Gasteiger partial charge in [0.1, 0.15) is 17.7 Å². The van der Waals surface area contributed by atoms with Gasteiger partial charge in [-0.25, -0.2) is 13.6 Å². The molecule has 1 aromatic rings. The summed E-state index contributed by atoms with van der Waals surface area (Å²) in [5.74, 6) is -3.85. The molecule has 0 aromatic heterocycles. The molecule has 1 amide bonds. The highest BCUT2D eigenvalue weighted by Gasteiger charge is 2.20. The predicted molar refractivity (Wildman–Crippen MR) is 64.7 cm³/mol. The number of hydrogen-bond donors (Lipinski definition) is 2. The lowest BCUT2D eigenvalue weighted by molar-refractivity contribution is -0.139. The van der Waals surface area contributed by atoms with E-state index in [9.17, 15) is 18.4 Å². The van der Waals surface area contributed by atoms with E-state index in [4.69, 9.17) is 5.11 Å². The van der Waals surface area contributed by atoms with Crippen LogP contribution in [0.5, 0.6) is 0 Å². The van der Waals surface area contributed by atoms with E-state index in [0.717, 1.165) is 12.1 Å². The molecule has 102 valence electrons. The van der Waals surface area contributed by atoms with Gasteiger partial charge in [0.05, 0.1) is 0 Å². The Kier molecular flexibility index (Phi) is 5.17.